The quantitative estimate of drug-likeness (QED) is 0.112. The molecule has 61 heavy (non-hydrogen) atoms. The third-order valence-electron chi connectivity index (χ3n) is 10.6. The molecule has 0 aromatic heterocycles. The number of nitrogens with zero attached hydrogens (tertiary/aromatic N) is 2. The van der Waals surface area contributed by atoms with Crippen LogP contribution in [0.15, 0.2) is 187 Å². The number of phenols is 2. The molecule has 0 saturated heterocycles. The van der Waals surface area contributed by atoms with E-state index in [1.165, 1.54) is 0 Å². The number of hydrogen-bond donors (Lipinski definition) is 2. The fraction of sp³-hybridized carbons (Fsp3) is 0.148. The van der Waals surface area contributed by atoms with Crippen LogP contribution in [0, 0.1) is 0 Å². The first kappa shape index (κ1) is 43.5. The van der Waals surface area contributed by atoms with Crippen LogP contribution >= 0.6 is 23.5 Å². The molecule has 0 amide bonds. The van der Waals surface area contributed by atoms with Gasteiger partial charge in [-0.05, 0) is 104 Å². The summed E-state index contributed by atoms with van der Waals surface area (Å²) in [5, 5.41) is 27.8. The van der Waals surface area contributed by atoms with E-state index in [2.05, 4.69) is 151 Å². The van der Waals surface area contributed by atoms with Crippen LogP contribution in [0.25, 0.3) is 32.7 Å². The van der Waals surface area contributed by atoms with E-state index in [1.54, 1.807) is 36.0 Å². The Bertz CT molecular complexity index is 2710. The zero-order valence-electron chi connectivity index (χ0n) is 35.1. The minimum absolute atomic E-state index is 0. The van der Waals surface area contributed by atoms with Gasteiger partial charge in [0, 0.05) is 61.5 Å². The maximum atomic E-state index is 11.8. The van der Waals surface area contributed by atoms with Crippen molar-refractivity contribution in [2.24, 2.45) is 9.98 Å². The molecule has 0 aliphatic rings. The summed E-state index contributed by atoms with van der Waals surface area (Å²) >= 11 is 3.09. The van der Waals surface area contributed by atoms with Crippen molar-refractivity contribution in [1.82, 2.24) is 0 Å². The van der Waals surface area contributed by atoms with Crippen LogP contribution in [0.3, 0.4) is 0 Å². The molecule has 309 valence electrons. The Morgan fingerprint density at radius 3 is 1.18 bits per heavy atom. The van der Waals surface area contributed by atoms with Crippen molar-refractivity contribution in [3.63, 3.8) is 0 Å². The molecule has 0 aliphatic heterocycles. The molecule has 4 nitrogen and oxygen atoms in total. The van der Waals surface area contributed by atoms with Gasteiger partial charge in [0.2, 0.25) is 0 Å². The Labute approximate surface area is 378 Å². The summed E-state index contributed by atoms with van der Waals surface area (Å²) in [6, 6.07) is 53.6. The van der Waals surface area contributed by atoms with Gasteiger partial charge in [0.05, 0.1) is 21.2 Å². The molecule has 2 N–H and O–H groups in total. The predicted molar refractivity (Wildman–Crippen MR) is 256 cm³/mol. The van der Waals surface area contributed by atoms with E-state index in [0.29, 0.717) is 11.1 Å². The van der Waals surface area contributed by atoms with Gasteiger partial charge in [-0.1, -0.05) is 162 Å². The van der Waals surface area contributed by atoms with E-state index in [0.717, 1.165) is 74.8 Å². The van der Waals surface area contributed by atoms with E-state index in [-0.39, 0.29) is 39.4 Å². The Kier molecular flexibility index (Phi) is 13.0. The maximum Gasteiger partial charge on any atom is 0.138 e. The van der Waals surface area contributed by atoms with Crippen molar-refractivity contribution in [3.8, 4) is 22.6 Å². The molecule has 0 heterocycles. The van der Waals surface area contributed by atoms with Crippen LogP contribution in [-0.2, 0) is 27.9 Å². The molecule has 8 aromatic carbocycles. The number of aliphatic imine (C=N–C) groups is 2. The fourth-order valence-corrected chi connectivity index (χ4v) is 9.14. The van der Waals surface area contributed by atoms with Gasteiger partial charge in [-0.15, -0.1) is 0 Å². The average Bonchev–Trinajstić information content (AvgIpc) is 3.24. The molecule has 0 bridgehead atoms. The van der Waals surface area contributed by atoms with Gasteiger partial charge >= 0.3 is 0 Å². The normalized spacial score (nSPS) is 12.1. The van der Waals surface area contributed by atoms with Crippen LogP contribution in [-0.4, -0.2) is 22.6 Å². The van der Waals surface area contributed by atoms with Crippen molar-refractivity contribution < 1.29 is 27.3 Å². The van der Waals surface area contributed by atoms with Gasteiger partial charge in [-0.2, -0.15) is 0 Å². The van der Waals surface area contributed by atoms with Crippen LogP contribution in [0.5, 0.6) is 11.5 Å². The van der Waals surface area contributed by atoms with Crippen molar-refractivity contribution in [2.75, 3.05) is 0 Å². The second-order valence-corrected chi connectivity index (χ2v) is 19.3. The number of benzene rings is 8. The third-order valence-corrected chi connectivity index (χ3v) is 12.7. The third kappa shape index (κ3) is 9.67. The Morgan fingerprint density at radius 1 is 0.443 bits per heavy atom. The van der Waals surface area contributed by atoms with Gasteiger partial charge in [0.1, 0.15) is 11.5 Å². The molecule has 8 rings (SSSR count). The smallest absolute Gasteiger partial charge is 0.138 e. The molecule has 7 heteroatoms. The first-order valence-electron chi connectivity index (χ1n) is 20.2. The van der Waals surface area contributed by atoms with Crippen molar-refractivity contribution in [1.29, 1.82) is 0 Å². The molecule has 1 radical (unpaired) electrons. The summed E-state index contributed by atoms with van der Waals surface area (Å²) in [6.45, 7) is 13.1. The monoisotopic (exact) mass is 883 g/mol. The standard InChI is InChI=1S/C54H48N2O2S2.Cu/c1-53(2,3)39-29-37(51(57)47(31-39)59-41-19-9-7-10-20-41)33-55-45-27-25-35-17-13-15-23-43(35)49(45)50-44-24-16-14-18-36(44)26-28-46(50)56-34-38-30-40(54(4,5)6)32-48(52(38)58)60-42-21-11-8-12-22-42;/h7-34,57-58H,1-6H3;. The minimum atomic E-state index is -0.159. The van der Waals surface area contributed by atoms with Gasteiger partial charge < -0.3 is 10.2 Å². The van der Waals surface area contributed by atoms with E-state index < -0.39 is 0 Å². The maximum absolute atomic E-state index is 11.8. The predicted octanol–water partition coefficient (Wildman–Crippen LogP) is 15.5. The summed E-state index contributed by atoms with van der Waals surface area (Å²) in [7, 11) is 0. The molecule has 0 fully saturated rings. The van der Waals surface area contributed by atoms with E-state index >= 15 is 0 Å². The number of hydrogen-bond acceptors (Lipinski definition) is 6. The van der Waals surface area contributed by atoms with Crippen molar-refractivity contribution in [2.45, 2.75) is 72.0 Å². The Hall–Kier alpha value is -5.56. The number of phenolic OH excluding ortho intramolecular Hbond substituents is 2. The minimum Gasteiger partial charge on any atom is -0.506 e. The molecule has 0 aliphatic carbocycles. The van der Waals surface area contributed by atoms with Crippen molar-refractivity contribution in [3.05, 3.63) is 180 Å². The Morgan fingerprint density at radius 2 is 0.803 bits per heavy atom. The zero-order chi connectivity index (χ0) is 42.0. The largest absolute Gasteiger partial charge is 0.506 e. The average molecular weight is 885 g/mol. The zero-order valence-corrected chi connectivity index (χ0v) is 37.6. The molecule has 0 spiro atoms. The molecule has 0 atom stereocenters. The number of fused-ring (bicyclic) bond motifs is 2. The van der Waals surface area contributed by atoms with E-state index in [9.17, 15) is 10.2 Å². The van der Waals surface area contributed by atoms with Crippen molar-refractivity contribution >= 4 is 68.9 Å². The molecule has 0 saturated carbocycles. The molecular weight excluding hydrogens is 836 g/mol. The summed E-state index contributed by atoms with van der Waals surface area (Å²) < 4.78 is 0. The second kappa shape index (κ2) is 18.2. The summed E-state index contributed by atoms with van der Waals surface area (Å²) in [5.41, 5.74) is 6.56. The number of aromatic hydroxyl groups is 2. The van der Waals surface area contributed by atoms with Crippen LogP contribution < -0.4 is 0 Å². The number of rotatable bonds is 9. The SMILES string of the molecule is CC(C)(C)c1cc(C=Nc2ccc3ccccc3c2-c2c(N=Cc3cc(C(C)(C)C)cc(Sc4ccccc4)c3O)ccc3ccccc23)c(O)c(Sc2ccccc2)c1.[Cu]. The van der Waals surface area contributed by atoms with Gasteiger partial charge in [0.15, 0.2) is 0 Å². The van der Waals surface area contributed by atoms with Crippen LogP contribution in [0.4, 0.5) is 11.4 Å². The molecule has 0 unspecified atom stereocenters. The topological polar surface area (TPSA) is 65.2 Å². The fourth-order valence-electron chi connectivity index (χ4n) is 7.25. The van der Waals surface area contributed by atoms with Gasteiger partial charge in [-0.3, -0.25) is 9.98 Å². The van der Waals surface area contributed by atoms with Gasteiger partial charge in [-0.25, -0.2) is 0 Å². The van der Waals surface area contributed by atoms with Gasteiger partial charge in [0.25, 0.3) is 0 Å². The summed E-state index contributed by atoms with van der Waals surface area (Å²) in [4.78, 5) is 14.1. The Balaban J connectivity index is 0.00000561. The van der Waals surface area contributed by atoms with E-state index in [1.807, 2.05) is 48.5 Å². The first-order valence-corrected chi connectivity index (χ1v) is 21.8. The van der Waals surface area contributed by atoms with E-state index in [4.69, 9.17) is 9.98 Å². The summed E-state index contributed by atoms with van der Waals surface area (Å²) in [5.74, 6) is 0.390. The van der Waals surface area contributed by atoms with Crippen LogP contribution in [0.2, 0.25) is 0 Å². The first-order chi connectivity index (χ1) is 28.8. The second-order valence-electron chi connectivity index (χ2n) is 17.0. The molecular formula is C54H48CuN2O2S2. The summed E-state index contributed by atoms with van der Waals surface area (Å²) in [6.07, 6.45) is 3.59. The van der Waals surface area contributed by atoms with Crippen LogP contribution in [0.1, 0.15) is 63.8 Å². The molecule has 8 aromatic rings.